The molecule has 4 heteroatoms. The molecule has 0 unspecified atom stereocenters. The lowest BCUT2D eigenvalue weighted by molar-refractivity contribution is 0.0600. The maximum Gasteiger partial charge on any atom is 0.337 e. The Morgan fingerprint density at radius 1 is 1.25 bits per heavy atom. The summed E-state index contributed by atoms with van der Waals surface area (Å²) in [5.41, 5.74) is 9.46. The summed E-state index contributed by atoms with van der Waals surface area (Å²) in [6, 6.07) is 13.4. The molecule has 0 heterocycles. The Morgan fingerprint density at radius 3 is 2.75 bits per heavy atom. The highest BCUT2D eigenvalue weighted by molar-refractivity contribution is 7.98. The molecule has 0 bridgehead atoms. The number of thioether (sulfide) groups is 1. The number of benzene rings is 2. The molecule has 104 valence electrons. The van der Waals surface area contributed by atoms with Crippen LogP contribution in [0.2, 0.25) is 0 Å². The molecule has 20 heavy (non-hydrogen) atoms. The van der Waals surface area contributed by atoms with Crippen molar-refractivity contribution < 1.29 is 9.53 Å². The summed E-state index contributed by atoms with van der Waals surface area (Å²) in [5, 5.41) is 0. The van der Waals surface area contributed by atoms with Crippen LogP contribution in [0.5, 0.6) is 0 Å². The number of methoxy groups -OCH3 is 1. The summed E-state index contributed by atoms with van der Waals surface area (Å²) in [6.45, 7) is 2.02. The molecule has 2 N–H and O–H groups in total. The first-order valence-corrected chi connectivity index (χ1v) is 7.25. The first kappa shape index (κ1) is 14.5. The Bertz CT molecular complexity index is 626. The van der Waals surface area contributed by atoms with Gasteiger partial charge in [-0.2, -0.15) is 0 Å². The summed E-state index contributed by atoms with van der Waals surface area (Å²) >= 11 is 1.71. The van der Waals surface area contributed by atoms with Gasteiger partial charge in [-0.05, 0) is 42.3 Å². The van der Waals surface area contributed by atoms with E-state index in [4.69, 9.17) is 10.5 Å². The molecule has 2 aromatic rings. The number of esters is 1. The Morgan fingerprint density at radius 2 is 2.00 bits per heavy atom. The normalized spacial score (nSPS) is 10.3. The molecule has 0 aliphatic heterocycles. The predicted octanol–water partition coefficient (Wildman–Crippen LogP) is 3.66. The Balaban J connectivity index is 2.11. The van der Waals surface area contributed by atoms with E-state index in [1.54, 1.807) is 17.8 Å². The van der Waals surface area contributed by atoms with E-state index in [0.29, 0.717) is 5.56 Å². The monoisotopic (exact) mass is 287 g/mol. The highest BCUT2D eigenvalue weighted by Gasteiger charge is 2.07. The van der Waals surface area contributed by atoms with Crippen LogP contribution in [0.1, 0.15) is 21.5 Å². The van der Waals surface area contributed by atoms with Crippen molar-refractivity contribution in [3.8, 4) is 0 Å². The lowest BCUT2D eigenvalue weighted by atomic mass is 10.1. The maximum atomic E-state index is 11.5. The van der Waals surface area contributed by atoms with E-state index in [0.717, 1.165) is 27.5 Å². The number of hydrogen-bond donors (Lipinski definition) is 1. The predicted molar refractivity (Wildman–Crippen MR) is 82.9 cm³/mol. The first-order valence-electron chi connectivity index (χ1n) is 6.27. The fourth-order valence-electron chi connectivity index (χ4n) is 1.85. The van der Waals surface area contributed by atoms with Crippen molar-refractivity contribution in [2.24, 2.45) is 0 Å². The summed E-state index contributed by atoms with van der Waals surface area (Å²) in [4.78, 5) is 12.7. The van der Waals surface area contributed by atoms with E-state index in [9.17, 15) is 4.79 Å². The average molecular weight is 287 g/mol. The number of anilines is 1. The smallest absolute Gasteiger partial charge is 0.337 e. The van der Waals surface area contributed by atoms with Crippen molar-refractivity contribution in [2.45, 2.75) is 17.6 Å². The van der Waals surface area contributed by atoms with Gasteiger partial charge in [0.2, 0.25) is 0 Å². The van der Waals surface area contributed by atoms with Gasteiger partial charge in [0.25, 0.3) is 0 Å². The lowest BCUT2D eigenvalue weighted by Crippen LogP contribution is -2.01. The summed E-state index contributed by atoms with van der Waals surface area (Å²) in [5.74, 6) is 0.478. The molecule has 0 amide bonds. The molecular formula is C16H17NO2S. The van der Waals surface area contributed by atoms with E-state index in [-0.39, 0.29) is 5.97 Å². The number of hydrogen-bond acceptors (Lipinski definition) is 4. The molecule has 0 aromatic heterocycles. The lowest BCUT2D eigenvalue weighted by Gasteiger charge is -2.08. The van der Waals surface area contributed by atoms with Crippen LogP contribution in [0.4, 0.5) is 5.69 Å². The second kappa shape index (κ2) is 6.48. The Kier molecular flexibility index (Phi) is 4.69. The van der Waals surface area contributed by atoms with Crippen molar-refractivity contribution >= 4 is 23.4 Å². The molecule has 0 fully saturated rings. The molecular weight excluding hydrogens is 270 g/mol. The highest BCUT2D eigenvalue weighted by Crippen LogP contribution is 2.29. The Labute approximate surface area is 123 Å². The van der Waals surface area contributed by atoms with Crippen molar-refractivity contribution in [1.82, 2.24) is 0 Å². The first-order chi connectivity index (χ1) is 9.61. The van der Waals surface area contributed by atoms with E-state index >= 15 is 0 Å². The van der Waals surface area contributed by atoms with E-state index < -0.39 is 0 Å². The molecule has 0 spiro atoms. The SMILES string of the molecule is COC(=O)c1cccc(CSc2cccc(N)c2C)c1. The molecule has 0 radical (unpaired) electrons. The standard InChI is InChI=1S/C16H17NO2S/c1-11-14(17)7-4-8-15(11)20-10-12-5-3-6-13(9-12)16(18)19-2/h3-9H,10,17H2,1-2H3. The van der Waals surface area contributed by atoms with Crippen LogP contribution in [-0.2, 0) is 10.5 Å². The zero-order valence-electron chi connectivity index (χ0n) is 11.6. The fraction of sp³-hybridized carbons (Fsp3) is 0.188. The molecule has 0 saturated carbocycles. The van der Waals surface area contributed by atoms with Gasteiger partial charge in [-0.3, -0.25) is 0 Å². The molecule has 0 saturated heterocycles. The number of nitrogen functional groups attached to an aromatic ring is 1. The van der Waals surface area contributed by atoms with Crippen LogP contribution < -0.4 is 5.73 Å². The van der Waals surface area contributed by atoms with Gasteiger partial charge in [-0.15, -0.1) is 11.8 Å². The van der Waals surface area contributed by atoms with Gasteiger partial charge in [0.1, 0.15) is 0 Å². The van der Waals surface area contributed by atoms with E-state index in [1.165, 1.54) is 7.11 Å². The molecule has 0 aliphatic carbocycles. The average Bonchev–Trinajstić information content (AvgIpc) is 2.48. The minimum Gasteiger partial charge on any atom is -0.465 e. The van der Waals surface area contributed by atoms with Crippen LogP contribution in [0.15, 0.2) is 47.4 Å². The molecule has 0 atom stereocenters. The van der Waals surface area contributed by atoms with Crippen molar-refractivity contribution in [1.29, 1.82) is 0 Å². The second-order valence-corrected chi connectivity index (χ2v) is 5.47. The van der Waals surface area contributed by atoms with E-state index in [2.05, 4.69) is 6.07 Å². The highest BCUT2D eigenvalue weighted by atomic mass is 32.2. The van der Waals surface area contributed by atoms with Crippen molar-refractivity contribution in [2.75, 3.05) is 12.8 Å². The van der Waals surface area contributed by atoms with Crippen molar-refractivity contribution in [3.05, 3.63) is 59.2 Å². The minimum atomic E-state index is -0.308. The summed E-state index contributed by atoms with van der Waals surface area (Å²) in [6.07, 6.45) is 0. The third kappa shape index (κ3) is 3.33. The van der Waals surface area contributed by atoms with Gasteiger partial charge in [-0.1, -0.05) is 18.2 Å². The second-order valence-electron chi connectivity index (χ2n) is 4.45. The number of carbonyl (C=O) groups is 1. The van der Waals surface area contributed by atoms with Gasteiger partial charge in [0, 0.05) is 16.3 Å². The summed E-state index contributed by atoms with van der Waals surface area (Å²) < 4.78 is 4.73. The van der Waals surface area contributed by atoms with Crippen LogP contribution in [-0.4, -0.2) is 13.1 Å². The summed E-state index contributed by atoms with van der Waals surface area (Å²) in [7, 11) is 1.39. The van der Waals surface area contributed by atoms with Crippen LogP contribution in [0, 0.1) is 6.92 Å². The van der Waals surface area contributed by atoms with Gasteiger partial charge in [0.05, 0.1) is 12.7 Å². The molecule has 0 aliphatic rings. The zero-order chi connectivity index (χ0) is 14.5. The maximum absolute atomic E-state index is 11.5. The fourth-order valence-corrected chi connectivity index (χ4v) is 2.87. The third-order valence-corrected chi connectivity index (χ3v) is 4.30. The topological polar surface area (TPSA) is 52.3 Å². The minimum absolute atomic E-state index is 0.308. The van der Waals surface area contributed by atoms with Crippen LogP contribution in [0.3, 0.4) is 0 Å². The van der Waals surface area contributed by atoms with Gasteiger partial charge in [0.15, 0.2) is 0 Å². The van der Waals surface area contributed by atoms with Crippen LogP contribution in [0.25, 0.3) is 0 Å². The third-order valence-electron chi connectivity index (χ3n) is 3.07. The number of ether oxygens (including phenoxy) is 1. The zero-order valence-corrected chi connectivity index (χ0v) is 12.4. The molecule has 2 aromatic carbocycles. The Hall–Kier alpha value is -1.94. The van der Waals surface area contributed by atoms with Gasteiger partial charge in [-0.25, -0.2) is 4.79 Å². The number of carbonyl (C=O) groups excluding carboxylic acids is 1. The molecule has 3 nitrogen and oxygen atoms in total. The van der Waals surface area contributed by atoms with Crippen molar-refractivity contribution in [3.63, 3.8) is 0 Å². The number of rotatable bonds is 4. The van der Waals surface area contributed by atoms with E-state index in [1.807, 2.05) is 37.3 Å². The number of nitrogens with two attached hydrogens (primary N) is 1. The van der Waals surface area contributed by atoms with Crippen LogP contribution >= 0.6 is 11.8 Å². The van der Waals surface area contributed by atoms with Gasteiger partial charge >= 0.3 is 5.97 Å². The van der Waals surface area contributed by atoms with Gasteiger partial charge < -0.3 is 10.5 Å². The largest absolute Gasteiger partial charge is 0.465 e. The quantitative estimate of drug-likeness (QED) is 0.530. The molecule has 2 rings (SSSR count).